The number of aromatic nitrogens is 1. The summed E-state index contributed by atoms with van der Waals surface area (Å²) in [4.78, 5) is 6.50. The predicted molar refractivity (Wildman–Crippen MR) is 105 cm³/mol. The van der Waals surface area contributed by atoms with Crippen molar-refractivity contribution in [3.05, 3.63) is 74.8 Å². The van der Waals surface area contributed by atoms with Crippen LogP contribution < -0.4 is 4.80 Å². The van der Waals surface area contributed by atoms with Crippen LogP contribution in [0.1, 0.15) is 18.7 Å². The fourth-order valence-electron chi connectivity index (χ4n) is 2.21. The fraction of sp³-hybridized carbons (Fsp3) is 0.158. The summed E-state index contributed by atoms with van der Waals surface area (Å²) in [6, 6.07) is 10.5. The monoisotopic (exact) mass is 371 g/mol. The number of halogens is 1. The average Bonchev–Trinajstić information content (AvgIpc) is 3.24. The number of nitrogens with zero attached hydrogens (tertiary/aromatic N) is 3. The van der Waals surface area contributed by atoms with Gasteiger partial charge in [0.1, 0.15) is 5.82 Å². The SMILES string of the molecule is C=C(C)CN=c1scc(-c2ccc(F)cc2)n1N=C(C)c1cccs1. The molecule has 3 rings (SSSR count). The van der Waals surface area contributed by atoms with Gasteiger partial charge in [-0.05, 0) is 49.6 Å². The minimum Gasteiger partial charge on any atom is -0.253 e. The van der Waals surface area contributed by atoms with Gasteiger partial charge in [0.25, 0.3) is 0 Å². The second kappa shape index (κ2) is 7.72. The Morgan fingerprint density at radius 1 is 1.16 bits per heavy atom. The highest BCUT2D eigenvalue weighted by molar-refractivity contribution is 7.12. The van der Waals surface area contributed by atoms with E-state index in [1.807, 2.05) is 41.4 Å². The third-order valence-electron chi connectivity index (χ3n) is 3.44. The molecular weight excluding hydrogens is 353 g/mol. The molecule has 0 aliphatic heterocycles. The zero-order valence-electron chi connectivity index (χ0n) is 14.1. The molecule has 2 heterocycles. The van der Waals surface area contributed by atoms with Crippen molar-refractivity contribution in [2.24, 2.45) is 10.1 Å². The standard InChI is InChI=1S/C19H18FN3S2/c1-13(2)11-21-19-23(22-14(3)18-5-4-10-24-18)17(12-25-19)15-6-8-16(20)9-7-15/h4-10,12H,1,11H2,2-3H3. The lowest BCUT2D eigenvalue weighted by Gasteiger charge is -2.05. The molecule has 0 bridgehead atoms. The van der Waals surface area contributed by atoms with Crippen LogP contribution in [-0.4, -0.2) is 16.9 Å². The summed E-state index contributed by atoms with van der Waals surface area (Å²) in [7, 11) is 0. The number of benzene rings is 1. The van der Waals surface area contributed by atoms with Crippen LogP contribution in [0.4, 0.5) is 4.39 Å². The van der Waals surface area contributed by atoms with Gasteiger partial charge in [0.2, 0.25) is 4.80 Å². The molecule has 25 heavy (non-hydrogen) atoms. The zero-order valence-corrected chi connectivity index (χ0v) is 15.7. The van der Waals surface area contributed by atoms with E-state index >= 15 is 0 Å². The number of hydrogen-bond donors (Lipinski definition) is 0. The zero-order chi connectivity index (χ0) is 17.8. The van der Waals surface area contributed by atoms with Gasteiger partial charge in [-0.3, -0.25) is 4.99 Å². The lowest BCUT2D eigenvalue weighted by atomic mass is 10.2. The Bertz CT molecular complexity index is 961. The third kappa shape index (κ3) is 4.21. The van der Waals surface area contributed by atoms with Crippen LogP contribution in [0.15, 0.2) is 69.4 Å². The minimum absolute atomic E-state index is 0.254. The van der Waals surface area contributed by atoms with E-state index in [1.165, 1.54) is 23.5 Å². The minimum atomic E-state index is -0.254. The first kappa shape index (κ1) is 17.5. The summed E-state index contributed by atoms with van der Waals surface area (Å²) in [5.74, 6) is -0.254. The maximum atomic E-state index is 13.3. The summed E-state index contributed by atoms with van der Waals surface area (Å²) in [5.41, 5.74) is 3.69. The van der Waals surface area contributed by atoms with Gasteiger partial charge in [0.15, 0.2) is 0 Å². The average molecular weight is 372 g/mol. The molecule has 0 N–H and O–H groups in total. The molecule has 0 fully saturated rings. The van der Waals surface area contributed by atoms with E-state index < -0.39 is 0 Å². The molecule has 0 aliphatic rings. The van der Waals surface area contributed by atoms with Crippen LogP contribution in [0, 0.1) is 5.82 Å². The largest absolute Gasteiger partial charge is 0.253 e. The van der Waals surface area contributed by atoms with Gasteiger partial charge in [-0.1, -0.05) is 18.2 Å². The van der Waals surface area contributed by atoms with E-state index in [9.17, 15) is 4.39 Å². The Labute approximate surface area is 154 Å². The Hall–Kier alpha value is -2.31. The molecule has 0 saturated heterocycles. The van der Waals surface area contributed by atoms with Gasteiger partial charge in [-0.25, -0.2) is 9.07 Å². The van der Waals surface area contributed by atoms with Crippen LogP contribution >= 0.6 is 22.7 Å². The topological polar surface area (TPSA) is 29.6 Å². The first-order valence-electron chi connectivity index (χ1n) is 7.75. The molecule has 0 saturated carbocycles. The molecule has 6 heteroatoms. The van der Waals surface area contributed by atoms with E-state index in [4.69, 9.17) is 5.10 Å². The van der Waals surface area contributed by atoms with Crippen molar-refractivity contribution in [3.63, 3.8) is 0 Å². The highest BCUT2D eigenvalue weighted by atomic mass is 32.1. The predicted octanol–water partition coefficient (Wildman–Crippen LogP) is 5.17. The number of thiophene rings is 1. The molecule has 3 aromatic rings. The molecule has 0 unspecified atom stereocenters. The summed E-state index contributed by atoms with van der Waals surface area (Å²) in [6.45, 7) is 8.38. The molecular formula is C19H18FN3S2. The van der Waals surface area contributed by atoms with E-state index in [2.05, 4.69) is 11.6 Å². The maximum Gasteiger partial charge on any atom is 0.206 e. The second-order valence-electron chi connectivity index (χ2n) is 5.66. The van der Waals surface area contributed by atoms with Crippen LogP contribution in [0.2, 0.25) is 0 Å². The summed E-state index contributed by atoms with van der Waals surface area (Å²) < 4.78 is 15.1. The van der Waals surface area contributed by atoms with Crippen molar-refractivity contribution in [1.82, 2.24) is 4.68 Å². The normalized spacial score (nSPS) is 12.6. The Balaban J connectivity index is 2.13. The van der Waals surface area contributed by atoms with E-state index in [0.29, 0.717) is 6.54 Å². The quantitative estimate of drug-likeness (QED) is 0.438. The molecule has 0 atom stereocenters. The summed E-state index contributed by atoms with van der Waals surface area (Å²) >= 11 is 3.16. The van der Waals surface area contributed by atoms with Crippen molar-refractivity contribution in [2.45, 2.75) is 13.8 Å². The molecule has 3 nitrogen and oxygen atoms in total. The van der Waals surface area contributed by atoms with Gasteiger partial charge in [-0.15, -0.1) is 22.7 Å². The first-order valence-corrected chi connectivity index (χ1v) is 9.51. The highest BCUT2D eigenvalue weighted by Crippen LogP contribution is 2.21. The highest BCUT2D eigenvalue weighted by Gasteiger charge is 2.09. The van der Waals surface area contributed by atoms with Crippen LogP contribution in [0.25, 0.3) is 11.3 Å². The molecule has 0 radical (unpaired) electrons. The Kier molecular flexibility index (Phi) is 5.40. The first-order chi connectivity index (χ1) is 12.0. The number of rotatable bonds is 5. The molecule has 2 aromatic heterocycles. The van der Waals surface area contributed by atoms with Gasteiger partial charge in [0.05, 0.1) is 22.8 Å². The van der Waals surface area contributed by atoms with Gasteiger partial charge < -0.3 is 0 Å². The Morgan fingerprint density at radius 3 is 2.56 bits per heavy atom. The van der Waals surface area contributed by atoms with Crippen LogP contribution in [0.3, 0.4) is 0 Å². The number of thiazole rings is 1. The molecule has 0 spiro atoms. The fourth-order valence-corrected chi connectivity index (χ4v) is 3.71. The van der Waals surface area contributed by atoms with Crippen molar-refractivity contribution < 1.29 is 4.39 Å². The van der Waals surface area contributed by atoms with E-state index in [0.717, 1.165) is 32.2 Å². The van der Waals surface area contributed by atoms with Crippen molar-refractivity contribution in [2.75, 3.05) is 6.54 Å². The molecule has 128 valence electrons. The second-order valence-corrected chi connectivity index (χ2v) is 7.44. The summed E-state index contributed by atoms with van der Waals surface area (Å²) in [5, 5.41) is 8.80. The van der Waals surface area contributed by atoms with Crippen molar-refractivity contribution >= 4 is 28.4 Å². The molecule has 1 aromatic carbocycles. The van der Waals surface area contributed by atoms with Crippen LogP contribution in [-0.2, 0) is 0 Å². The molecule has 0 aliphatic carbocycles. The summed E-state index contributed by atoms with van der Waals surface area (Å²) in [6.07, 6.45) is 0. The smallest absolute Gasteiger partial charge is 0.206 e. The lowest BCUT2D eigenvalue weighted by Crippen LogP contribution is -2.14. The number of hydrogen-bond acceptors (Lipinski definition) is 4. The third-order valence-corrected chi connectivity index (χ3v) is 5.27. The van der Waals surface area contributed by atoms with Gasteiger partial charge in [-0.2, -0.15) is 5.10 Å². The van der Waals surface area contributed by atoms with Gasteiger partial charge in [0, 0.05) is 10.9 Å². The Morgan fingerprint density at radius 2 is 1.92 bits per heavy atom. The van der Waals surface area contributed by atoms with E-state index in [-0.39, 0.29) is 5.82 Å². The molecule has 0 amide bonds. The van der Waals surface area contributed by atoms with Crippen molar-refractivity contribution in [1.29, 1.82) is 0 Å². The maximum absolute atomic E-state index is 13.3. The lowest BCUT2D eigenvalue weighted by molar-refractivity contribution is 0.628. The van der Waals surface area contributed by atoms with E-state index in [1.54, 1.807) is 23.5 Å². The van der Waals surface area contributed by atoms with Crippen LogP contribution in [0.5, 0.6) is 0 Å². The van der Waals surface area contributed by atoms with Crippen molar-refractivity contribution in [3.8, 4) is 11.3 Å². The van der Waals surface area contributed by atoms with Gasteiger partial charge >= 0.3 is 0 Å².